The average molecular weight is 306 g/mol. The minimum atomic E-state index is -0.392. The Morgan fingerprint density at radius 2 is 2.16 bits per heavy atom. The van der Waals surface area contributed by atoms with Crippen molar-refractivity contribution in [1.29, 1.82) is 0 Å². The zero-order valence-corrected chi connectivity index (χ0v) is 12.6. The molecule has 1 amide bonds. The second kappa shape index (κ2) is 7.68. The van der Waals surface area contributed by atoms with Gasteiger partial charge in [0.2, 0.25) is 5.91 Å². The molecule has 0 bridgehead atoms. The lowest BCUT2D eigenvalue weighted by atomic mass is 9.74. The largest absolute Gasteiger partial charge is 0.325 e. The van der Waals surface area contributed by atoms with Gasteiger partial charge < -0.3 is 11.1 Å². The van der Waals surface area contributed by atoms with E-state index in [1.807, 2.05) is 19.1 Å². The van der Waals surface area contributed by atoms with Crippen molar-refractivity contribution in [2.75, 3.05) is 5.32 Å². The van der Waals surface area contributed by atoms with E-state index in [0.29, 0.717) is 5.82 Å². The molecule has 2 unspecified atom stereocenters. The van der Waals surface area contributed by atoms with Crippen LogP contribution in [-0.4, -0.2) is 16.4 Å². The molecule has 1 fully saturated rings. The molecule has 1 saturated carbocycles. The fourth-order valence-electron chi connectivity index (χ4n) is 2.44. The van der Waals surface area contributed by atoms with E-state index in [4.69, 9.17) is 5.73 Å². The summed E-state index contributed by atoms with van der Waals surface area (Å²) in [5.74, 6) is 0.477. The van der Waals surface area contributed by atoms with Crippen LogP contribution in [0.4, 0.5) is 5.82 Å². The molecule has 2 rings (SSSR count). The van der Waals surface area contributed by atoms with Crippen LogP contribution in [0.2, 0.25) is 0 Å². The van der Waals surface area contributed by atoms with Crippen molar-refractivity contribution in [1.82, 2.24) is 4.98 Å². The lowest BCUT2D eigenvalue weighted by Crippen LogP contribution is -2.51. The summed E-state index contributed by atoms with van der Waals surface area (Å²) in [4.78, 5) is 16.2. The molecular formula is C13H21Cl2N3O. The number of aromatic nitrogens is 1. The van der Waals surface area contributed by atoms with Crippen LogP contribution in [0.15, 0.2) is 24.4 Å². The van der Waals surface area contributed by atoms with E-state index in [9.17, 15) is 4.79 Å². The minimum absolute atomic E-state index is 0. The van der Waals surface area contributed by atoms with Crippen molar-refractivity contribution < 1.29 is 4.79 Å². The molecule has 0 radical (unpaired) electrons. The topological polar surface area (TPSA) is 68.0 Å². The Morgan fingerprint density at radius 3 is 2.74 bits per heavy atom. The van der Waals surface area contributed by atoms with Gasteiger partial charge in [-0.15, -0.1) is 24.8 Å². The Kier molecular flexibility index (Phi) is 7.34. The van der Waals surface area contributed by atoms with Crippen LogP contribution in [-0.2, 0) is 4.79 Å². The molecular weight excluding hydrogens is 285 g/mol. The smallest absolute Gasteiger partial charge is 0.230 e. The highest BCUT2D eigenvalue weighted by molar-refractivity contribution is 5.92. The van der Waals surface area contributed by atoms with E-state index in [1.165, 1.54) is 0 Å². The van der Waals surface area contributed by atoms with E-state index in [-0.39, 0.29) is 36.6 Å². The SMILES string of the molecule is CC1(N)CCCCC1C(=O)Nc1ccccn1.Cl.Cl. The van der Waals surface area contributed by atoms with Crippen LogP contribution < -0.4 is 11.1 Å². The van der Waals surface area contributed by atoms with Gasteiger partial charge in [-0.1, -0.05) is 18.9 Å². The summed E-state index contributed by atoms with van der Waals surface area (Å²) in [5.41, 5.74) is 5.80. The molecule has 1 aromatic heterocycles. The molecule has 3 N–H and O–H groups in total. The quantitative estimate of drug-likeness (QED) is 0.883. The first kappa shape index (κ1) is 18.2. The average Bonchev–Trinajstić information content (AvgIpc) is 2.29. The van der Waals surface area contributed by atoms with Crippen LogP contribution in [0.1, 0.15) is 32.6 Å². The first-order chi connectivity index (χ1) is 8.09. The second-order valence-corrected chi connectivity index (χ2v) is 5.01. The molecule has 1 aliphatic rings. The molecule has 0 spiro atoms. The fourth-order valence-corrected chi connectivity index (χ4v) is 2.44. The zero-order chi connectivity index (χ0) is 12.3. The number of hydrogen-bond acceptors (Lipinski definition) is 3. The van der Waals surface area contributed by atoms with E-state index in [0.717, 1.165) is 25.7 Å². The number of nitrogens with two attached hydrogens (primary N) is 1. The molecule has 4 nitrogen and oxygen atoms in total. The predicted octanol–water partition coefficient (Wildman–Crippen LogP) is 2.77. The molecule has 1 aromatic rings. The van der Waals surface area contributed by atoms with Crippen LogP contribution in [0.5, 0.6) is 0 Å². The van der Waals surface area contributed by atoms with Crippen molar-refractivity contribution in [2.24, 2.45) is 11.7 Å². The maximum atomic E-state index is 12.2. The number of hydrogen-bond donors (Lipinski definition) is 2. The second-order valence-electron chi connectivity index (χ2n) is 5.01. The lowest BCUT2D eigenvalue weighted by molar-refractivity contribution is -0.122. The Morgan fingerprint density at radius 1 is 1.42 bits per heavy atom. The Labute approximate surface area is 126 Å². The summed E-state index contributed by atoms with van der Waals surface area (Å²) in [6.07, 6.45) is 5.63. The summed E-state index contributed by atoms with van der Waals surface area (Å²) in [7, 11) is 0. The normalized spacial score (nSPS) is 25.7. The van der Waals surface area contributed by atoms with Gasteiger partial charge in [-0.05, 0) is 31.9 Å². The highest BCUT2D eigenvalue weighted by Crippen LogP contribution is 2.32. The number of nitrogens with one attached hydrogen (secondary N) is 1. The number of carbonyl (C=O) groups excluding carboxylic acids is 1. The molecule has 108 valence electrons. The van der Waals surface area contributed by atoms with E-state index in [2.05, 4.69) is 10.3 Å². The van der Waals surface area contributed by atoms with Gasteiger partial charge >= 0.3 is 0 Å². The monoisotopic (exact) mass is 305 g/mol. The number of pyridine rings is 1. The summed E-state index contributed by atoms with van der Waals surface area (Å²) >= 11 is 0. The fraction of sp³-hybridized carbons (Fsp3) is 0.538. The van der Waals surface area contributed by atoms with Gasteiger partial charge in [0.1, 0.15) is 5.82 Å². The van der Waals surface area contributed by atoms with Crippen molar-refractivity contribution in [3.63, 3.8) is 0 Å². The first-order valence-corrected chi connectivity index (χ1v) is 6.10. The van der Waals surface area contributed by atoms with Crippen molar-refractivity contribution in [3.8, 4) is 0 Å². The predicted molar refractivity (Wildman–Crippen MR) is 81.9 cm³/mol. The van der Waals surface area contributed by atoms with Crippen molar-refractivity contribution in [3.05, 3.63) is 24.4 Å². The van der Waals surface area contributed by atoms with Crippen LogP contribution in [0, 0.1) is 5.92 Å². The minimum Gasteiger partial charge on any atom is -0.325 e. The number of rotatable bonds is 2. The zero-order valence-electron chi connectivity index (χ0n) is 11.0. The highest BCUT2D eigenvalue weighted by Gasteiger charge is 2.37. The number of anilines is 1. The third kappa shape index (κ3) is 4.64. The van der Waals surface area contributed by atoms with E-state index < -0.39 is 5.54 Å². The summed E-state index contributed by atoms with van der Waals surface area (Å²) < 4.78 is 0. The van der Waals surface area contributed by atoms with Crippen molar-refractivity contribution in [2.45, 2.75) is 38.1 Å². The third-order valence-corrected chi connectivity index (χ3v) is 3.49. The molecule has 0 aromatic carbocycles. The number of halogens is 2. The molecule has 19 heavy (non-hydrogen) atoms. The third-order valence-electron chi connectivity index (χ3n) is 3.49. The first-order valence-electron chi connectivity index (χ1n) is 6.10. The molecule has 0 aliphatic heterocycles. The van der Waals surface area contributed by atoms with E-state index in [1.54, 1.807) is 12.3 Å². The van der Waals surface area contributed by atoms with Crippen LogP contribution >= 0.6 is 24.8 Å². The number of amides is 1. The highest BCUT2D eigenvalue weighted by atomic mass is 35.5. The summed E-state index contributed by atoms with van der Waals surface area (Å²) in [6, 6.07) is 5.46. The standard InChI is InChI=1S/C13H19N3O.2ClH/c1-13(14)8-4-2-6-10(13)12(17)16-11-7-3-5-9-15-11;;/h3,5,7,9-10H,2,4,6,8,14H2,1H3,(H,15,16,17);2*1H. The molecule has 1 aliphatic carbocycles. The van der Waals surface area contributed by atoms with Crippen molar-refractivity contribution >= 4 is 36.5 Å². The lowest BCUT2D eigenvalue weighted by Gasteiger charge is -2.37. The van der Waals surface area contributed by atoms with Gasteiger partial charge in [0, 0.05) is 11.7 Å². The van der Waals surface area contributed by atoms with Gasteiger partial charge in [0.15, 0.2) is 0 Å². The van der Waals surface area contributed by atoms with Gasteiger partial charge in [0.25, 0.3) is 0 Å². The molecule has 1 heterocycles. The molecule has 0 saturated heterocycles. The maximum Gasteiger partial charge on any atom is 0.230 e. The number of nitrogens with zero attached hydrogens (tertiary/aromatic N) is 1. The van der Waals surface area contributed by atoms with Crippen LogP contribution in [0.25, 0.3) is 0 Å². The van der Waals surface area contributed by atoms with Gasteiger partial charge in [-0.25, -0.2) is 4.98 Å². The van der Waals surface area contributed by atoms with Gasteiger partial charge in [-0.2, -0.15) is 0 Å². The van der Waals surface area contributed by atoms with Gasteiger partial charge in [0.05, 0.1) is 5.92 Å². The summed E-state index contributed by atoms with van der Waals surface area (Å²) in [5, 5.41) is 2.84. The molecule has 2 atom stereocenters. The number of carbonyl (C=O) groups is 1. The van der Waals surface area contributed by atoms with Crippen LogP contribution in [0.3, 0.4) is 0 Å². The Hall–Kier alpha value is -0.840. The Balaban J connectivity index is 0.00000162. The van der Waals surface area contributed by atoms with Gasteiger partial charge in [-0.3, -0.25) is 4.79 Å². The Bertz CT molecular complexity index is 398. The molecule has 6 heteroatoms. The summed E-state index contributed by atoms with van der Waals surface area (Å²) in [6.45, 7) is 1.97. The van der Waals surface area contributed by atoms with E-state index >= 15 is 0 Å². The maximum absolute atomic E-state index is 12.2.